The molecule has 0 atom stereocenters. The number of benzene rings is 1. The van der Waals surface area contributed by atoms with Crippen molar-refractivity contribution in [3.05, 3.63) is 28.2 Å². The summed E-state index contributed by atoms with van der Waals surface area (Å²) in [7, 11) is 0. The summed E-state index contributed by atoms with van der Waals surface area (Å²) < 4.78 is 6.45. The molecule has 0 spiro atoms. The summed E-state index contributed by atoms with van der Waals surface area (Å²) in [5.74, 6) is 2.93. The zero-order valence-corrected chi connectivity index (χ0v) is 12.2. The minimum atomic E-state index is -0.276. The maximum Gasteiger partial charge on any atom is 0.217 e. The number of nitrogens with one attached hydrogen (secondary N) is 1. The molecule has 0 unspecified atom stereocenters. The van der Waals surface area contributed by atoms with Crippen LogP contribution in [0.2, 0.25) is 0 Å². The Morgan fingerprint density at radius 3 is 3.00 bits per heavy atom. The van der Waals surface area contributed by atoms with Gasteiger partial charge in [0.2, 0.25) is 5.91 Å². The van der Waals surface area contributed by atoms with Gasteiger partial charge in [0.1, 0.15) is 12.4 Å². The first kappa shape index (κ1) is 15.5. The molecule has 1 aromatic rings. The Labute approximate surface area is 121 Å². The number of nitrogens with two attached hydrogens (primary N) is 1. The van der Waals surface area contributed by atoms with Crippen molar-refractivity contribution in [1.82, 2.24) is 5.32 Å². The van der Waals surface area contributed by atoms with Crippen LogP contribution in [-0.4, -0.2) is 19.1 Å². The van der Waals surface area contributed by atoms with Crippen LogP contribution in [0.4, 0.5) is 0 Å². The van der Waals surface area contributed by atoms with Crippen LogP contribution in [-0.2, 0) is 11.3 Å². The standard InChI is InChI=1S/C14H17BrN2O2/c1-2-8-19-13-6-5-12(15)9-11(13)10-17-7-3-4-14(16)18/h1,5-6,9,17H,3-4,7-8,10H2,(H2,16,18). The van der Waals surface area contributed by atoms with Crippen LogP contribution in [0.1, 0.15) is 18.4 Å². The van der Waals surface area contributed by atoms with Crippen molar-refractivity contribution in [3.63, 3.8) is 0 Å². The van der Waals surface area contributed by atoms with Crippen LogP contribution in [0, 0.1) is 12.3 Å². The average molecular weight is 325 g/mol. The quantitative estimate of drug-likeness (QED) is 0.566. The Hall–Kier alpha value is -1.51. The van der Waals surface area contributed by atoms with Crippen LogP contribution in [0.5, 0.6) is 5.75 Å². The Bertz CT molecular complexity index is 469. The van der Waals surface area contributed by atoms with Crippen molar-refractivity contribution in [1.29, 1.82) is 0 Å². The predicted molar refractivity (Wildman–Crippen MR) is 78.6 cm³/mol. The van der Waals surface area contributed by atoms with E-state index in [4.69, 9.17) is 16.9 Å². The number of rotatable bonds is 8. The molecule has 0 aliphatic carbocycles. The average Bonchev–Trinajstić information content (AvgIpc) is 2.37. The minimum absolute atomic E-state index is 0.246. The van der Waals surface area contributed by atoms with E-state index in [1.807, 2.05) is 18.2 Å². The van der Waals surface area contributed by atoms with E-state index in [-0.39, 0.29) is 12.5 Å². The lowest BCUT2D eigenvalue weighted by Gasteiger charge is -2.11. The molecule has 3 N–H and O–H groups in total. The fourth-order valence-electron chi connectivity index (χ4n) is 1.56. The van der Waals surface area contributed by atoms with Gasteiger partial charge < -0.3 is 15.8 Å². The van der Waals surface area contributed by atoms with Crippen LogP contribution in [0.25, 0.3) is 0 Å². The van der Waals surface area contributed by atoms with Gasteiger partial charge in [0, 0.05) is 23.0 Å². The second-order valence-electron chi connectivity index (χ2n) is 3.99. The summed E-state index contributed by atoms with van der Waals surface area (Å²) in [5, 5.41) is 3.24. The molecule has 0 saturated carbocycles. The number of terminal acetylenes is 1. The second kappa shape index (κ2) is 8.57. The maximum atomic E-state index is 10.6. The van der Waals surface area contributed by atoms with Crippen LogP contribution < -0.4 is 15.8 Å². The third-order valence-electron chi connectivity index (χ3n) is 2.43. The first-order valence-electron chi connectivity index (χ1n) is 5.97. The van der Waals surface area contributed by atoms with E-state index >= 15 is 0 Å². The molecule has 1 rings (SSSR count). The lowest BCUT2D eigenvalue weighted by Crippen LogP contribution is -2.18. The summed E-state index contributed by atoms with van der Waals surface area (Å²) in [6.45, 7) is 1.62. The molecule has 19 heavy (non-hydrogen) atoms. The van der Waals surface area contributed by atoms with Gasteiger partial charge in [-0.3, -0.25) is 4.79 Å². The Morgan fingerprint density at radius 1 is 1.53 bits per heavy atom. The number of amides is 1. The van der Waals surface area contributed by atoms with Gasteiger partial charge in [0.15, 0.2) is 0 Å². The van der Waals surface area contributed by atoms with E-state index in [0.29, 0.717) is 13.0 Å². The molecule has 1 aromatic carbocycles. The van der Waals surface area contributed by atoms with Gasteiger partial charge in [0.05, 0.1) is 0 Å². The number of ether oxygens (including phenoxy) is 1. The van der Waals surface area contributed by atoms with Crippen molar-refractivity contribution in [2.45, 2.75) is 19.4 Å². The highest BCUT2D eigenvalue weighted by Crippen LogP contribution is 2.23. The zero-order chi connectivity index (χ0) is 14.1. The summed E-state index contributed by atoms with van der Waals surface area (Å²) in [6.07, 6.45) is 6.30. The number of carbonyl (C=O) groups excluding carboxylic acids is 1. The van der Waals surface area contributed by atoms with Crippen molar-refractivity contribution in [2.24, 2.45) is 5.73 Å². The maximum absolute atomic E-state index is 10.6. The third kappa shape index (κ3) is 6.27. The molecular formula is C14H17BrN2O2. The number of halogens is 1. The normalized spacial score (nSPS) is 9.89. The SMILES string of the molecule is C#CCOc1ccc(Br)cc1CNCCCC(N)=O. The molecule has 102 valence electrons. The van der Waals surface area contributed by atoms with Gasteiger partial charge in [-0.1, -0.05) is 21.9 Å². The van der Waals surface area contributed by atoms with Crippen molar-refractivity contribution < 1.29 is 9.53 Å². The van der Waals surface area contributed by atoms with Crippen LogP contribution >= 0.6 is 15.9 Å². The molecule has 0 radical (unpaired) electrons. The largest absolute Gasteiger partial charge is 0.481 e. The van der Waals surface area contributed by atoms with Crippen LogP contribution in [0.15, 0.2) is 22.7 Å². The molecule has 0 bridgehead atoms. The lowest BCUT2D eigenvalue weighted by atomic mass is 10.2. The number of primary amides is 1. The van der Waals surface area contributed by atoms with Gasteiger partial charge in [-0.15, -0.1) is 6.42 Å². The van der Waals surface area contributed by atoms with Gasteiger partial charge in [-0.25, -0.2) is 0 Å². The summed E-state index contributed by atoms with van der Waals surface area (Å²) in [6, 6.07) is 5.76. The summed E-state index contributed by atoms with van der Waals surface area (Å²) in [4.78, 5) is 10.6. The number of carbonyl (C=O) groups is 1. The van der Waals surface area contributed by atoms with Crippen molar-refractivity contribution in [2.75, 3.05) is 13.2 Å². The van der Waals surface area contributed by atoms with Gasteiger partial charge in [0.25, 0.3) is 0 Å². The van der Waals surface area contributed by atoms with Crippen molar-refractivity contribution in [3.8, 4) is 18.1 Å². The molecule has 0 saturated heterocycles. The van der Waals surface area contributed by atoms with E-state index in [9.17, 15) is 4.79 Å². The lowest BCUT2D eigenvalue weighted by molar-refractivity contribution is -0.118. The molecule has 5 heteroatoms. The molecule has 0 aromatic heterocycles. The van der Waals surface area contributed by atoms with Gasteiger partial charge in [-0.05, 0) is 31.2 Å². The molecule has 4 nitrogen and oxygen atoms in total. The molecule has 0 fully saturated rings. The Kier molecular flexibility index (Phi) is 7.01. The second-order valence-corrected chi connectivity index (χ2v) is 4.91. The first-order valence-corrected chi connectivity index (χ1v) is 6.76. The minimum Gasteiger partial charge on any atom is -0.481 e. The smallest absolute Gasteiger partial charge is 0.217 e. The predicted octanol–water partition coefficient (Wildman–Crippen LogP) is 1.82. The highest BCUT2D eigenvalue weighted by Gasteiger charge is 2.04. The van der Waals surface area contributed by atoms with E-state index in [0.717, 1.165) is 28.8 Å². The fourth-order valence-corrected chi connectivity index (χ4v) is 1.97. The molecule has 0 aliphatic heterocycles. The summed E-state index contributed by atoms with van der Waals surface area (Å²) >= 11 is 3.42. The summed E-state index contributed by atoms with van der Waals surface area (Å²) in [5.41, 5.74) is 6.09. The van der Waals surface area contributed by atoms with E-state index in [2.05, 4.69) is 27.2 Å². The van der Waals surface area contributed by atoms with E-state index in [1.165, 1.54) is 0 Å². The number of hydrogen-bond donors (Lipinski definition) is 2. The van der Waals surface area contributed by atoms with Crippen molar-refractivity contribution >= 4 is 21.8 Å². The third-order valence-corrected chi connectivity index (χ3v) is 2.92. The Morgan fingerprint density at radius 2 is 2.32 bits per heavy atom. The highest BCUT2D eigenvalue weighted by molar-refractivity contribution is 9.10. The van der Waals surface area contributed by atoms with Crippen LogP contribution in [0.3, 0.4) is 0 Å². The monoisotopic (exact) mass is 324 g/mol. The number of hydrogen-bond acceptors (Lipinski definition) is 3. The van der Waals surface area contributed by atoms with Gasteiger partial charge >= 0.3 is 0 Å². The highest BCUT2D eigenvalue weighted by atomic mass is 79.9. The topological polar surface area (TPSA) is 64.3 Å². The van der Waals surface area contributed by atoms with E-state index in [1.54, 1.807) is 0 Å². The molecular weight excluding hydrogens is 308 g/mol. The first-order chi connectivity index (χ1) is 9.13. The zero-order valence-electron chi connectivity index (χ0n) is 10.6. The molecule has 1 amide bonds. The molecule has 0 heterocycles. The van der Waals surface area contributed by atoms with Gasteiger partial charge in [-0.2, -0.15) is 0 Å². The van der Waals surface area contributed by atoms with E-state index < -0.39 is 0 Å². The fraction of sp³-hybridized carbons (Fsp3) is 0.357. The molecule has 0 aliphatic rings. The Balaban J connectivity index is 2.48.